The van der Waals surface area contributed by atoms with E-state index in [9.17, 15) is 0 Å². The molecule has 0 aliphatic carbocycles. The fourth-order valence-corrected chi connectivity index (χ4v) is 2.40. The molecule has 1 aliphatic heterocycles. The van der Waals surface area contributed by atoms with Crippen LogP contribution in [-0.2, 0) is 7.05 Å². The Morgan fingerprint density at radius 3 is 2.81 bits per heavy atom. The van der Waals surface area contributed by atoms with Crippen LogP contribution in [0.1, 0.15) is 31.9 Å². The van der Waals surface area contributed by atoms with Gasteiger partial charge in [0, 0.05) is 37.9 Å². The van der Waals surface area contributed by atoms with Crippen molar-refractivity contribution >= 4 is 0 Å². The highest BCUT2D eigenvalue weighted by Crippen LogP contribution is 2.29. The molecule has 2 rings (SSSR count). The molecular weight excluding hydrogens is 200 g/mol. The fraction of sp³-hybridized carbons (Fsp3) is 0.750. The van der Waals surface area contributed by atoms with E-state index < -0.39 is 0 Å². The summed E-state index contributed by atoms with van der Waals surface area (Å²) >= 11 is 0. The summed E-state index contributed by atoms with van der Waals surface area (Å²) in [6, 6.07) is 0.0857. The predicted molar refractivity (Wildman–Crippen MR) is 65.0 cm³/mol. The van der Waals surface area contributed by atoms with Crippen molar-refractivity contribution in [2.24, 2.45) is 18.2 Å². The normalized spacial score (nSPS) is 22.5. The first kappa shape index (κ1) is 11.6. The van der Waals surface area contributed by atoms with Crippen molar-refractivity contribution in [2.45, 2.75) is 26.3 Å². The molecule has 2 heterocycles. The minimum Gasteiger partial charge on any atom is -0.323 e. The van der Waals surface area contributed by atoms with Crippen LogP contribution in [0.15, 0.2) is 12.4 Å². The Hall–Kier alpha value is -0.870. The second-order valence-corrected chi connectivity index (χ2v) is 5.70. The second kappa shape index (κ2) is 4.18. The molecule has 0 saturated carbocycles. The highest BCUT2D eigenvalue weighted by Gasteiger charge is 2.29. The van der Waals surface area contributed by atoms with Gasteiger partial charge < -0.3 is 10.6 Å². The van der Waals surface area contributed by atoms with Gasteiger partial charge in [-0.2, -0.15) is 5.10 Å². The minimum atomic E-state index is 0.0857. The van der Waals surface area contributed by atoms with Crippen LogP contribution in [0.2, 0.25) is 0 Å². The number of aryl methyl sites for hydroxylation is 1. The van der Waals surface area contributed by atoms with Gasteiger partial charge >= 0.3 is 0 Å². The van der Waals surface area contributed by atoms with Crippen LogP contribution in [0.5, 0.6) is 0 Å². The number of likely N-dealkylation sites (tertiary alicyclic amines) is 1. The summed E-state index contributed by atoms with van der Waals surface area (Å²) in [6.45, 7) is 7.91. The Balaban J connectivity index is 1.91. The molecule has 1 aliphatic rings. The molecule has 16 heavy (non-hydrogen) atoms. The zero-order chi connectivity index (χ0) is 11.8. The van der Waals surface area contributed by atoms with Crippen LogP contribution in [0.4, 0.5) is 0 Å². The van der Waals surface area contributed by atoms with Crippen molar-refractivity contribution in [3.8, 4) is 0 Å². The lowest BCUT2D eigenvalue weighted by molar-refractivity contribution is 0.276. The van der Waals surface area contributed by atoms with Crippen LogP contribution in [0, 0.1) is 5.41 Å². The summed E-state index contributed by atoms with van der Waals surface area (Å²) in [4.78, 5) is 2.46. The van der Waals surface area contributed by atoms with E-state index in [1.807, 2.05) is 24.1 Å². The first-order valence-electron chi connectivity index (χ1n) is 5.93. The lowest BCUT2D eigenvalue weighted by atomic mass is 9.93. The molecule has 90 valence electrons. The SMILES string of the molecule is Cn1cc(C(N)CN2CCC(C)(C)C2)cn1. The first-order valence-corrected chi connectivity index (χ1v) is 5.93. The van der Waals surface area contributed by atoms with Gasteiger partial charge in [-0.1, -0.05) is 13.8 Å². The van der Waals surface area contributed by atoms with Crippen LogP contribution in [0.3, 0.4) is 0 Å². The maximum Gasteiger partial charge on any atom is 0.0537 e. The van der Waals surface area contributed by atoms with E-state index in [2.05, 4.69) is 23.8 Å². The quantitative estimate of drug-likeness (QED) is 0.834. The summed E-state index contributed by atoms with van der Waals surface area (Å²) in [6.07, 6.45) is 5.14. The third-order valence-corrected chi connectivity index (χ3v) is 3.36. The van der Waals surface area contributed by atoms with E-state index in [0.717, 1.165) is 18.7 Å². The third kappa shape index (κ3) is 2.62. The average Bonchev–Trinajstić information content (AvgIpc) is 2.73. The van der Waals surface area contributed by atoms with Crippen LogP contribution in [-0.4, -0.2) is 34.3 Å². The van der Waals surface area contributed by atoms with Gasteiger partial charge in [-0.3, -0.25) is 4.68 Å². The van der Waals surface area contributed by atoms with Crippen molar-refractivity contribution in [1.29, 1.82) is 0 Å². The number of nitrogens with two attached hydrogens (primary N) is 1. The summed E-state index contributed by atoms with van der Waals surface area (Å²) in [5.74, 6) is 0. The molecule has 1 fully saturated rings. The van der Waals surface area contributed by atoms with Crippen molar-refractivity contribution in [3.63, 3.8) is 0 Å². The monoisotopic (exact) mass is 222 g/mol. The van der Waals surface area contributed by atoms with E-state index in [4.69, 9.17) is 5.73 Å². The first-order chi connectivity index (χ1) is 7.46. The molecule has 1 aromatic rings. The van der Waals surface area contributed by atoms with E-state index in [0.29, 0.717) is 5.41 Å². The number of rotatable bonds is 3. The standard InChI is InChI=1S/C12H22N4/c1-12(2)4-5-16(9-12)8-11(13)10-6-14-15(3)7-10/h6-7,11H,4-5,8-9,13H2,1-3H3. The Bertz CT molecular complexity index is 356. The summed E-state index contributed by atoms with van der Waals surface area (Å²) < 4.78 is 1.81. The number of hydrogen-bond donors (Lipinski definition) is 1. The van der Waals surface area contributed by atoms with Gasteiger partial charge in [0.05, 0.1) is 6.20 Å². The van der Waals surface area contributed by atoms with Gasteiger partial charge in [0.1, 0.15) is 0 Å². The van der Waals surface area contributed by atoms with Gasteiger partial charge in [-0.05, 0) is 18.4 Å². The fourth-order valence-electron chi connectivity index (χ4n) is 2.40. The Kier molecular flexibility index (Phi) is 3.04. The molecule has 1 aromatic heterocycles. The Morgan fingerprint density at radius 2 is 2.31 bits per heavy atom. The van der Waals surface area contributed by atoms with Crippen LogP contribution >= 0.6 is 0 Å². The molecule has 2 N–H and O–H groups in total. The summed E-state index contributed by atoms with van der Waals surface area (Å²) in [5.41, 5.74) is 7.77. The largest absolute Gasteiger partial charge is 0.323 e. The molecule has 1 unspecified atom stereocenters. The van der Waals surface area contributed by atoms with Crippen molar-refractivity contribution in [3.05, 3.63) is 18.0 Å². The smallest absolute Gasteiger partial charge is 0.0537 e. The molecule has 0 bridgehead atoms. The lowest BCUT2D eigenvalue weighted by Crippen LogP contribution is -2.31. The van der Waals surface area contributed by atoms with Gasteiger partial charge in [0.15, 0.2) is 0 Å². The molecule has 1 saturated heterocycles. The average molecular weight is 222 g/mol. The molecule has 0 amide bonds. The second-order valence-electron chi connectivity index (χ2n) is 5.70. The van der Waals surface area contributed by atoms with Gasteiger partial charge in [-0.15, -0.1) is 0 Å². The summed E-state index contributed by atoms with van der Waals surface area (Å²) in [5, 5.41) is 4.16. The Labute approximate surface area is 97.4 Å². The third-order valence-electron chi connectivity index (χ3n) is 3.36. The van der Waals surface area contributed by atoms with E-state index in [1.54, 1.807) is 0 Å². The van der Waals surface area contributed by atoms with Gasteiger partial charge in [-0.25, -0.2) is 0 Å². The van der Waals surface area contributed by atoms with Crippen LogP contribution in [0.25, 0.3) is 0 Å². The predicted octanol–water partition coefficient (Wildman–Crippen LogP) is 1.15. The maximum absolute atomic E-state index is 6.18. The highest BCUT2D eigenvalue weighted by atomic mass is 15.2. The van der Waals surface area contributed by atoms with Crippen LogP contribution < -0.4 is 5.73 Å². The molecule has 0 aromatic carbocycles. The van der Waals surface area contributed by atoms with E-state index in [1.165, 1.54) is 13.0 Å². The highest BCUT2D eigenvalue weighted by molar-refractivity contribution is 5.10. The zero-order valence-electron chi connectivity index (χ0n) is 10.5. The topological polar surface area (TPSA) is 47.1 Å². The molecule has 0 spiro atoms. The maximum atomic E-state index is 6.18. The molecule has 0 radical (unpaired) electrons. The minimum absolute atomic E-state index is 0.0857. The number of aromatic nitrogens is 2. The molecule has 4 heteroatoms. The summed E-state index contributed by atoms with van der Waals surface area (Å²) in [7, 11) is 1.93. The molecule has 1 atom stereocenters. The van der Waals surface area contributed by atoms with Crippen molar-refractivity contribution in [1.82, 2.24) is 14.7 Å². The van der Waals surface area contributed by atoms with E-state index in [-0.39, 0.29) is 6.04 Å². The Morgan fingerprint density at radius 1 is 1.56 bits per heavy atom. The van der Waals surface area contributed by atoms with Gasteiger partial charge in [0.25, 0.3) is 0 Å². The van der Waals surface area contributed by atoms with E-state index >= 15 is 0 Å². The number of nitrogens with zero attached hydrogens (tertiary/aromatic N) is 3. The molecule has 4 nitrogen and oxygen atoms in total. The zero-order valence-corrected chi connectivity index (χ0v) is 10.5. The molecular formula is C12H22N4. The van der Waals surface area contributed by atoms with Crippen molar-refractivity contribution < 1.29 is 0 Å². The lowest BCUT2D eigenvalue weighted by Gasteiger charge is -2.22. The van der Waals surface area contributed by atoms with Gasteiger partial charge in [0.2, 0.25) is 0 Å². The number of hydrogen-bond acceptors (Lipinski definition) is 3. The van der Waals surface area contributed by atoms with Crippen molar-refractivity contribution in [2.75, 3.05) is 19.6 Å².